The van der Waals surface area contributed by atoms with Crippen LogP contribution in [0.4, 0.5) is 0 Å². The van der Waals surface area contributed by atoms with Gasteiger partial charge in [0.15, 0.2) is 0 Å². The van der Waals surface area contributed by atoms with Gasteiger partial charge in [0, 0.05) is 51.6 Å². The highest BCUT2D eigenvalue weighted by Crippen LogP contribution is 2.22. The van der Waals surface area contributed by atoms with Crippen molar-refractivity contribution in [3.05, 3.63) is 71.3 Å². The molecular formula is C34H44N6O6. The van der Waals surface area contributed by atoms with Crippen molar-refractivity contribution in [1.29, 1.82) is 0 Å². The molecule has 12 heteroatoms. The molecule has 246 valence electrons. The van der Waals surface area contributed by atoms with Crippen LogP contribution < -0.4 is 16.0 Å². The van der Waals surface area contributed by atoms with Gasteiger partial charge in [0.25, 0.3) is 5.91 Å². The van der Waals surface area contributed by atoms with E-state index in [0.717, 1.165) is 11.1 Å². The number of carbonyl (C=O) groups is 6. The summed E-state index contributed by atoms with van der Waals surface area (Å²) in [5, 5.41) is 8.38. The van der Waals surface area contributed by atoms with Crippen LogP contribution in [0, 0.1) is 5.92 Å². The Bertz CT molecular complexity index is 1450. The average molecular weight is 633 g/mol. The third kappa shape index (κ3) is 8.70. The standard InChI is InChI=1S/C34H44N6O6/c1-22(2)18-28-34(46)38(4)23(3)31(43)37-27(19-24-10-6-5-7-11-24)32(44)35-15-17-39(21-29(41)36-28)30(42)14-16-40-20-25-12-8-9-13-26(25)33(40)45/h5-13,22-23,27-28H,14-21H2,1-4H3,(H,35,44)(H,36,41)(H,37,43)/t23-,27-,28-/m0/s1. The highest BCUT2D eigenvalue weighted by molar-refractivity contribution is 5.98. The summed E-state index contributed by atoms with van der Waals surface area (Å²) in [5.74, 6) is -2.42. The van der Waals surface area contributed by atoms with Gasteiger partial charge in [0.1, 0.15) is 18.1 Å². The first-order valence-corrected chi connectivity index (χ1v) is 15.8. The van der Waals surface area contributed by atoms with E-state index in [1.54, 1.807) is 24.0 Å². The number of amides is 6. The van der Waals surface area contributed by atoms with Gasteiger partial charge in [-0.25, -0.2) is 0 Å². The van der Waals surface area contributed by atoms with Crippen LogP contribution in [0.3, 0.4) is 0 Å². The number of carbonyl (C=O) groups excluding carboxylic acids is 6. The second-order valence-corrected chi connectivity index (χ2v) is 12.4. The van der Waals surface area contributed by atoms with Crippen LogP contribution in [-0.2, 0) is 36.9 Å². The predicted molar refractivity (Wildman–Crippen MR) is 171 cm³/mol. The summed E-state index contributed by atoms with van der Waals surface area (Å²) < 4.78 is 0. The summed E-state index contributed by atoms with van der Waals surface area (Å²) in [6.07, 6.45) is 0.515. The van der Waals surface area contributed by atoms with Crippen LogP contribution >= 0.6 is 0 Å². The molecule has 0 saturated carbocycles. The van der Waals surface area contributed by atoms with E-state index in [1.165, 1.54) is 16.8 Å². The minimum Gasteiger partial charge on any atom is -0.353 e. The molecule has 0 aromatic heterocycles. The maximum atomic E-state index is 13.6. The van der Waals surface area contributed by atoms with E-state index in [2.05, 4.69) is 16.0 Å². The quantitative estimate of drug-likeness (QED) is 0.417. The fraction of sp³-hybridized carbons (Fsp3) is 0.471. The molecule has 4 rings (SSSR count). The minimum atomic E-state index is -0.941. The molecule has 3 atom stereocenters. The molecule has 2 heterocycles. The second kappa shape index (κ2) is 15.5. The van der Waals surface area contributed by atoms with Crippen LogP contribution in [0.25, 0.3) is 0 Å². The molecule has 0 bridgehead atoms. The molecule has 46 heavy (non-hydrogen) atoms. The van der Waals surface area contributed by atoms with Crippen LogP contribution in [0.1, 0.15) is 55.1 Å². The normalized spacial score (nSPS) is 21.7. The topological polar surface area (TPSA) is 148 Å². The van der Waals surface area contributed by atoms with Gasteiger partial charge in [0.2, 0.25) is 29.5 Å². The Morgan fingerprint density at radius 2 is 1.59 bits per heavy atom. The molecule has 0 unspecified atom stereocenters. The highest BCUT2D eigenvalue weighted by atomic mass is 16.2. The van der Waals surface area contributed by atoms with Gasteiger partial charge in [0.05, 0.1) is 6.54 Å². The lowest BCUT2D eigenvalue weighted by Crippen LogP contribution is -2.57. The molecule has 2 aliphatic rings. The summed E-state index contributed by atoms with van der Waals surface area (Å²) >= 11 is 0. The van der Waals surface area contributed by atoms with Crippen molar-refractivity contribution in [2.45, 2.75) is 64.7 Å². The van der Waals surface area contributed by atoms with Crippen LogP contribution in [-0.4, -0.2) is 101 Å². The van der Waals surface area contributed by atoms with E-state index in [4.69, 9.17) is 0 Å². The van der Waals surface area contributed by atoms with E-state index >= 15 is 0 Å². The van der Waals surface area contributed by atoms with Crippen molar-refractivity contribution in [3.8, 4) is 0 Å². The molecule has 1 saturated heterocycles. The number of hydrogen-bond acceptors (Lipinski definition) is 6. The van der Waals surface area contributed by atoms with Gasteiger partial charge in [-0.05, 0) is 36.5 Å². The molecule has 6 amide bonds. The minimum absolute atomic E-state index is 0.0112. The zero-order valence-electron chi connectivity index (χ0n) is 27.0. The smallest absolute Gasteiger partial charge is 0.254 e. The molecule has 0 spiro atoms. The first-order chi connectivity index (χ1) is 21.9. The number of benzene rings is 2. The molecule has 0 radical (unpaired) electrons. The van der Waals surface area contributed by atoms with Gasteiger partial charge in [-0.3, -0.25) is 28.8 Å². The molecular weight excluding hydrogens is 588 g/mol. The van der Waals surface area contributed by atoms with Crippen molar-refractivity contribution in [3.63, 3.8) is 0 Å². The van der Waals surface area contributed by atoms with Crippen LogP contribution in [0.2, 0.25) is 0 Å². The maximum absolute atomic E-state index is 13.6. The van der Waals surface area contributed by atoms with Crippen molar-refractivity contribution in [2.24, 2.45) is 5.92 Å². The Morgan fingerprint density at radius 1 is 0.891 bits per heavy atom. The maximum Gasteiger partial charge on any atom is 0.254 e. The second-order valence-electron chi connectivity index (χ2n) is 12.4. The van der Waals surface area contributed by atoms with E-state index in [9.17, 15) is 28.8 Å². The van der Waals surface area contributed by atoms with Crippen molar-refractivity contribution in [2.75, 3.05) is 33.2 Å². The Morgan fingerprint density at radius 3 is 2.28 bits per heavy atom. The third-order valence-corrected chi connectivity index (χ3v) is 8.42. The summed E-state index contributed by atoms with van der Waals surface area (Å²) in [7, 11) is 1.49. The van der Waals surface area contributed by atoms with E-state index in [-0.39, 0.29) is 56.8 Å². The first kappa shape index (κ1) is 34.1. The van der Waals surface area contributed by atoms with Crippen molar-refractivity contribution in [1.82, 2.24) is 30.7 Å². The lowest BCUT2D eigenvalue weighted by Gasteiger charge is -2.30. The fourth-order valence-electron chi connectivity index (χ4n) is 5.68. The Kier molecular flexibility index (Phi) is 11.5. The van der Waals surface area contributed by atoms with Gasteiger partial charge < -0.3 is 30.7 Å². The average Bonchev–Trinajstić information content (AvgIpc) is 3.36. The molecule has 1 fully saturated rings. The summed E-state index contributed by atoms with van der Waals surface area (Å²) in [5.41, 5.74) is 2.34. The van der Waals surface area contributed by atoms with Crippen LogP contribution in [0.5, 0.6) is 0 Å². The first-order valence-electron chi connectivity index (χ1n) is 15.8. The number of nitrogens with zero attached hydrogens (tertiary/aromatic N) is 3. The predicted octanol–water partition coefficient (Wildman–Crippen LogP) is 1.10. The Balaban J connectivity index is 1.54. The largest absolute Gasteiger partial charge is 0.353 e. The fourth-order valence-corrected chi connectivity index (χ4v) is 5.68. The Labute approximate surface area is 269 Å². The van der Waals surface area contributed by atoms with Gasteiger partial charge >= 0.3 is 0 Å². The van der Waals surface area contributed by atoms with E-state index in [1.807, 2.05) is 56.3 Å². The van der Waals surface area contributed by atoms with E-state index < -0.39 is 41.8 Å². The lowest BCUT2D eigenvalue weighted by atomic mass is 10.0. The summed E-state index contributed by atoms with van der Waals surface area (Å²) in [6, 6.07) is 13.8. The van der Waals surface area contributed by atoms with Crippen molar-refractivity contribution < 1.29 is 28.8 Å². The van der Waals surface area contributed by atoms with Gasteiger partial charge in [-0.15, -0.1) is 0 Å². The molecule has 2 aliphatic heterocycles. The number of rotatable bonds is 7. The highest BCUT2D eigenvalue weighted by Gasteiger charge is 2.33. The van der Waals surface area contributed by atoms with Gasteiger partial charge in [-0.2, -0.15) is 0 Å². The monoisotopic (exact) mass is 632 g/mol. The Hall–Kier alpha value is -4.74. The SMILES string of the molecule is CC(C)C[C@@H]1NC(=O)CN(C(=O)CCN2Cc3ccccc3C2=O)CCNC(=O)[C@H](Cc2ccccc2)NC(=O)[C@H](C)N(C)C1=O. The molecule has 3 N–H and O–H groups in total. The number of nitrogens with one attached hydrogen (secondary N) is 3. The molecule has 2 aromatic rings. The van der Waals surface area contributed by atoms with Crippen LogP contribution in [0.15, 0.2) is 54.6 Å². The molecule has 2 aromatic carbocycles. The molecule has 0 aliphatic carbocycles. The third-order valence-electron chi connectivity index (χ3n) is 8.42. The number of likely N-dealkylation sites (N-methyl/N-ethyl adjacent to an activating group) is 1. The zero-order valence-corrected chi connectivity index (χ0v) is 27.0. The van der Waals surface area contributed by atoms with E-state index in [0.29, 0.717) is 18.5 Å². The zero-order chi connectivity index (χ0) is 33.4. The molecule has 12 nitrogen and oxygen atoms in total. The number of fused-ring (bicyclic) bond motifs is 1. The van der Waals surface area contributed by atoms with Crippen molar-refractivity contribution >= 4 is 35.4 Å². The van der Waals surface area contributed by atoms with Gasteiger partial charge in [-0.1, -0.05) is 62.4 Å². The lowest BCUT2D eigenvalue weighted by molar-refractivity contribution is -0.142. The summed E-state index contributed by atoms with van der Waals surface area (Å²) in [4.78, 5) is 84.1. The number of hydrogen-bond donors (Lipinski definition) is 3. The summed E-state index contributed by atoms with van der Waals surface area (Å²) in [6.45, 7) is 5.68.